The molecule has 2 rings (SSSR count). The van der Waals surface area contributed by atoms with Gasteiger partial charge in [0, 0.05) is 6.61 Å². The van der Waals surface area contributed by atoms with E-state index < -0.39 is 0 Å². The second kappa shape index (κ2) is 3.27. The van der Waals surface area contributed by atoms with E-state index in [0.717, 1.165) is 17.8 Å². The van der Waals surface area contributed by atoms with Gasteiger partial charge in [-0.1, -0.05) is 26.7 Å². The first-order valence-corrected chi connectivity index (χ1v) is 5.88. The molecule has 13 heavy (non-hydrogen) atoms. The minimum absolute atomic E-state index is 0.347. The number of aliphatic hydroxyl groups is 1. The number of hydrogen-bond donors (Lipinski definition) is 1. The van der Waals surface area contributed by atoms with Crippen molar-refractivity contribution in [3.8, 4) is 0 Å². The van der Waals surface area contributed by atoms with E-state index in [4.69, 9.17) is 0 Å². The van der Waals surface area contributed by atoms with Gasteiger partial charge in [-0.25, -0.2) is 0 Å². The van der Waals surface area contributed by atoms with Crippen molar-refractivity contribution in [1.82, 2.24) is 0 Å². The molecule has 0 aromatic carbocycles. The SMILES string of the molecule is CCC1C2CCC(CO)(C2)C1CC. The van der Waals surface area contributed by atoms with Gasteiger partial charge < -0.3 is 5.11 Å². The Morgan fingerprint density at radius 1 is 1.31 bits per heavy atom. The van der Waals surface area contributed by atoms with Crippen molar-refractivity contribution >= 4 is 0 Å². The quantitative estimate of drug-likeness (QED) is 0.711. The van der Waals surface area contributed by atoms with E-state index in [1.54, 1.807) is 0 Å². The molecule has 2 saturated carbocycles. The lowest BCUT2D eigenvalue weighted by molar-refractivity contribution is 0.0520. The van der Waals surface area contributed by atoms with Crippen LogP contribution in [0.25, 0.3) is 0 Å². The van der Waals surface area contributed by atoms with Crippen LogP contribution in [0.2, 0.25) is 0 Å². The molecule has 4 unspecified atom stereocenters. The third kappa shape index (κ3) is 1.16. The molecule has 0 aromatic rings. The number of hydrogen-bond acceptors (Lipinski definition) is 1. The lowest BCUT2D eigenvalue weighted by Gasteiger charge is -2.37. The van der Waals surface area contributed by atoms with E-state index >= 15 is 0 Å². The fourth-order valence-corrected chi connectivity index (χ4v) is 4.30. The molecule has 76 valence electrons. The Balaban J connectivity index is 2.20. The van der Waals surface area contributed by atoms with Crippen molar-refractivity contribution < 1.29 is 5.11 Å². The Kier molecular flexibility index (Phi) is 2.39. The lowest BCUT2D eigenvalue weighted by atomic mass is 9.69. The van der Waals surface area contributed by atoms with Gasteiger partial charge in [0.2, 0.25) is 0 Å². The van der Waals surface area contributed by atoms with Gasteiger partial charge >= 0.3 is 0 Å². The molecule has 0 heterocycles. The minimum atomic E-state index is 0.347. The second-order valence-electron chi connectivity index (χ2n) is 5.11. The molecule has 0 amide bonds. The summed E-state index contributed by atoms with van der Waals surface area (Å²) in [4.78, 5) is 0. The Morgan fingerprint density at radius 3 is 2.62 bits per heavy atom. The maximum atomic E-state index is 9.56. The highest BCUT2D eigenvalue weighted by atomic mass is 16.3. The predicted molar refractivity (Wildman–Crippen MR) is 54.4 cm³/mol. The van der Waals surface area contributed by atoms with E-state index in [9.17, 15) is 5.11 Å². The van der Waals surface area contributed by atoms with Crippen molar-refractivity contribution in [1.29, 1.82) is 0 Å². The molecular formula is C12H22O. The zero-order valence-electron chi connectivity index (χ0n) is 8.92. The molecule has 1 heteroatoms. The lowest BCUT2D eigenvalue weighted by Crippen LogP contribution is -2.33. The largest absolute Gasteiger partial charge is 0.396 e. The summed E-state index contributed by atoms with van der Waals surface area (Å²) in [6, 6.07) is 0. The average Bonchev–Trinajstić information content (AvgIpc) is 2.72. The third-order valence-corrected chi connectivity index (χ3v) is 4.82. The Morgan fingerprint density at radius 2 is 2.08 bits per heavy atom. The maximum absolute atomic E-state index is 9.56. The average molecular weight is 182 g/mol. The molecule has 0 aromatic heterocycles. The van der Waals surface area contributed by atoms with Crippen LogP contribution in [-0.4, -0.2) is 11.7 Å². The van der Waals surface area contributed by atoms with Crippen molar-refractivity contribution in [3.63, 3.8) is 0 Å². The summed E-state index contributed by atoms with van der Waals surface area (Å²) in [6.45, 7) is 5.06. The Labute approximate surface area is 81.5 Å². The number of aliphatic hydroxyl groups excluding tert-OH is 1. The highest BCUT2D eigenvalue weighted by Crippen LogP contribution is 2.62. The van der Waals surface area contributed by atoms with Gasteiger partial charge in [-0.15, -0.1) is 0 Å². The molecule has 0 aliphatic heterocycles. The fourth-order valence-electron chi connectivity index (χ4n) is 4.30. The summed E-state index contributed by atoms with van der Waals surface area (Å²) >= 11 is 0. The van der Waals surface area contributed by atoms with Crippen molar-refractivity contribution in [2.45, 2.75) is 46.0 Å². The highest BCUT2D eigenvalue weighted by molar-refractivity contribution is 5.04. The summed E-state index contributed by atoms with van der Waals surface area (Å²) in [5, 5.41) is 9.56. The summed E-state index contributed by atoms with van der Waals surface area (Å²) in [7, 11) is 0. The molecule has 1 nitrogen and oxygen atoms in total. The molecule has 0 radical (unpaired) electrons. The zero-order chi connectivity index (χ0) is 9.47. The third-order valence-electron chi connectivity index (χ3n) is 4.82. The van der Waals surface area contributed by atoms with Crippen LogP contribution in [0.15, 0.2) is 0 Å². The van der Waals surface area contributed by atoms with Gasteiger partial charge in [-0.05, 0) is 42.4 Å². The van der Waals surface area contributed by atoms with Gasteiger partial charge in [0.05, 0.1) is 0 Å². The van der Waals surface area contributed by atoms with Crippen molar-refractivity contribution in [3.05, 3.63) is 0 Å². The highest BCUT2D eigenvalue weighted by Gasteiger charge is 2.55. The van der Waals surface area contributed by atoms with Crippen molar-refractivity contribution in [2.24, 2.45) is 23.2 Å². The van der Waals surface area contributed by atoms with Crippen LogP contribution in [0.3, 0.4) is 0 Å². The standard InChI is InChI=1S/C12H22O/c1-3-10-9-5-6-12(7-9,8-13)11(10)4-2/h9-11,13H,3-8H2,1-2H3. The molecule has 2 bridgehead atoms. The van der Waals surface area contributed by atoms with E-state index in [1.807, 2.05) is 0 Å². The normalized spacial score (nSPS) is 48.7. The monoisotopic (exact) mass is 182 g/mol. The first-order valence-electron chi connectivity index (χ1n) is 5.88. The van der Waals surface area contributed by atoms with Crippen LogP contribution in [0.5, 0.6) is 0 Å². The Bertz CT molecular complexity index is 190. The first-order chi connectivity index (χ1) is 6.27. The second-order valence-corrected chi connectivity index (χ2v) is 5.11. The topological polar surface area (TPSA) is 20.2 Å². The first kappa shape index (κ1) is 9.51. The van der Waals surface area contributed by atoms with Crippen LogP contribution in [0.1, 0.15) is 46.0 Å². The summed E-state index contributed by atoms with van der Waals surface area (Å²) in [5.74, 6) is 2.69. The van der Waals surface area contributed by atoms with Gasteiger partial charge in [0.15, 0.2) is 0 Å². The van der Waals surface area contributed by atoms with Crippen LogP contribution >= 0.6 is 0 Å². The molecule has 1 N–H and O–H groups in total. The molecule has 4 atom stereocenters. The molecule has 2 fully saturated rings. The van der Waals surface area contributed by atoms with E-state index in [-0.39, 0.29) is 0 Å². The number of fused-ring (bicyclic) bond motifs is 2. The smallest absolute Gasteiger partial charge is 0.0490 e. The van der Waals surface area contributed by atoms with Gasteiger partial charge in [-0.2, -0.15) is 0 Å². The van der Waals surface area contributed by atoms with Crippen LogP contribution in [0, 0.1) is 23.2 Å². The molecule has 0 saturated heterocycles. The predicted octanol–water partition coefficient (Wildman–Crippen LogP) is 2.83. The minimum Gasteiger partial charge on any atom is -0.396 e. The van der Waals surface area contributed by atoms with E-state index in [1.165, 1.54) is 32.1 Å². The summed E-state index contributed by atoms with van der Waals surface area (Å²) in [6.07, 6.45) is 6.60. The number of rotatable bonds is 3. The van der Waals surface area contributed by atoms with Gasteiger partial charge in [0.1, 0.15) is 0 Å². The van der Waals surface area contributed by atoms with Crippen LogP contribution < -0.4 is 0 Å². The van der Waals surface area contributed by atoms with Crippen LogP contribution in [0.4, 0.5) is 0 Å². The fraction of sp³-hybridized carbons (Fsp3) is 1.00. The molecule has 0 spiro atoms. The van der Waals surface area contributed by atoms with Gasteiger partial charge in [0.25, 0.3) is 0 Å². The summed E-state index contributed by atoms with van der Waals surface area (Å²) in [5.41, 5.74) is 0.347. The zero-order valence-corrected chi connectivity index (χ0v) is 8.92. The van der Waals surface area contributed by atoms with E-state index in [0.29, 0.717) is 12.0 Å². The molecule has 2 aliphatic carbocycles. The van der Waals surface area contributed by atoms with Gasteiger partial charge in [-0.3, -0.25) is 0 Å². The molecular weight excluding hydrogens is 160 g/mol. The van der Waals surface area contributed by atoms with E-state index in [2.05, 4.69) is 13.8 Å². The van der Waals surface area contributed by atoms with Crippen molar-refractivity contribution in [2.75, 3.05) is 6.61 Å². The molecule has 2 aliphatic rings. The summed E-state index contributed by atoms with van der Waals surface area (Å²) < 4.78 is 0. The Hall–Kier alpha value is -0.0400. The maximum Gasteiger partial charge on any atom is 0.0490 e. The van der Waals surface area contributed by atoms with Crippen LogP contribution in [-0.2, 0) is 0 Å².